The molecule has 0 radical (unpaired) electrons. The second-order valence-corrected chi connectivity index (χ2v) is 12.0. The van der Waals surface area contributed by atoms with E-state index in [-0.39, 0.29) is 21.2 Å². The van der Waals surface area contributed by atoms with Gasteiger partial charge in [0, 0.05) is 22.3 Å². The predicted molar refractivity (Wildman–Crippen MR) is 163 cm³/mol. The Kier molecular flexibility index (Phi) is 8.23. The van der Waals surface area contributed by atoms with E-state index in [1.807, 2.05) is 31.2 Å². The van der Waals surface area contributed by atoms with Crippen molar-refractivity contribution in [1.29, 1.82) is 0 Å². The zero-order valence-electron chi connectivity index (χ0n) is 23.0. The molecule has 42 heavy (non-hydrogen) atoms. The highest BCUT2D eigenvalue weighted by Gasteiger charge is 2.41. The second-order valence-electron chi connectivity index (χ2n) is 9.22. The lowest BCUT2D eigenvalue weighted by Gasteiger charge is -2.19. The van der Waals surface area contributed by atoms with Gasteiger partial charge in [-0.1, -0.05) is 47.7 Å². The minimum absolute atomic E-state index is 0.112. The van der Waals surface area contributed by atoms with Crippen molar-refractivity contribution < 1.29 is 27.5 Å². The van der Waals surface area contributed by atoms with Crippen LogP contribution >= 0.6 is 11.8 Å². The van der Waals surface area contributed by atoms with Crippen LogP contribution in [0.3, 0.4) is 0 Å². The first-order valence-electron chi connectivity index (χ1n) is 12.7. The lowest BCUT2D eigenvalue weighted by Crippen LogP contribution is -2.32. The molecule has 1 aliphatic rings. The maximum Gasteiger partial charge on any atom is 0.283 e. The van der Waals surface area contributed by atoms with Crippen molar-refractivity contribution in [2.24, 2.45) is 0 Å². The van der Waals surface area contributed by atoms with Crippen LogP contribution in [0, 0.1) is 6.92 Å². The van der Waals surface area contributed by atoms with Gasteiger partial charge in [0.25, 0.3) is 21.8 Å². The summed E-state index contributed by atoms with van der Waals surface area (Å²) in [5.41, 5.74) is 2.43. The summed E-state index contributed by atoms with van der Waals surface area (Å²) >= 11 is 1.10. The molecule has 2 amide bonds. The predicted octanol–water partition coefficient (Wildman–Crippen LogP) is 5.80. The van der Waals surface area contributed by atoms with Crippen LogP contribution in [-0.4, -0.2) is 34.5 Å². The number of sulfonamides is 1. The molecule has 0 saturated heterocycles. The normalized spacial score (nSPS) is 13.4. The summed E-state index contributed by atoms with van der Waals surface area (Å²) < 4.78 is 38.7. The molecule has 1 heterocycles. The maximum absolute atomic E-state index is 13.8. The molecule has 9 nitrogen and oxygen atoms in total. The number of ether oxygens (including phenoxy) is 2. The second kappa shape index (κ2) is 12.0. The molecule has 0 spiro atoms. The number of hydrogen-bond donors (Lipinski definition) is 2. The summed E-state index contributed by atoms with van der Waals surface area (Å²) in [6, 6.07) is 26.9. The van der Waals surface area contributed by atoms with Gasteiger partial charge >= 0.3 is 0 Å². The standard InChI is InChI=1S/C31H27N3O6S2/c1-20-9-11-21(12-10-20)32-28-29(31(36)34(30(28)35)26-18-15-23(39-2)19-27(26)40-3)41-24-16-13-22(14-17-24)33-42(37,38)25-7-5-4-6-8-25/h4-19,32-33H,1-3H3. The van der Waals surface area contributed by atoms with Gasteiger partial charge in [0.1, 0.15) is 22.1 Å². The molecule has 1 aliphatic heterocycles. The van der Waals surface area contributed by atoms with Crippen LogP contribution in [0.4, 0.5) is 17.1 Å². The van der Waals surface area contributed by atoms with E-state index < -0.39 is 21.8 Å². The Morgan fingerprint density at radius 3 is 2.07 bits per heavy atom. The first-order chi connectivity index (χ1) is 20.2. The number of carbonyl (C=O) groups is 2. The highest BCUT2D eigenvalue weighted by Crippen LogP contribution is 2.41. The van der Waals surface area contributed by atoms with E-state index in [0.29, 0.717) is 27.8 Å². The molecule has 0 aromatic heterocycles. The van der Waals surface area contributed by atoms with Crippen LogP contribution in [0.25, 0.3) is 0 Å². The number of rotatable bonds is 10. The molecule has 0 unspecified atom stereocenters. The minimum Gasteiger partial charge on any atom is -0.497 e. The van der Waals surface area contributed by atoms with Gasteiger partial charge in [0.2, 0.25) is 0 Å². The molecule has 214 valence electrons. The molecular weight excluding hydrogens is 574 g/mol. The lowest BCUT2D eigenvalue weighted by molar-refractivity contribution is -0.120. The Balaban J connectivity index is 1.46. The molecule has 11 heteroatoms. The topological polar surface area (TPSA) is 114 Å². The van der Waals surface area contributed by atoms with Gasteiger partial charge in [-0.3, -0.25) is 14.3 Å². The van der Waals surface area contributed by atoms with E-state index in [4.69, 9.17) is 9.47 Å². The maximum atomic E-state index is 13.8. The molecular formula is C31H27N3O6S2. The van der Waals surface area contributed by atoms with Crippen molar-refractivity contribution in [1.82, 2.24) is 0 Å². The number of methoxy groups -OCH3 is 2. The summed E-state index contributed by atoms with van der Waals surface area (Å²) in [4.78, 5) is 29.6. The number of nitrogens with zero attached hydrogens (tertiary/aromatic N) is 1. The van der Waals surface area contributed by atoms with Gasteiger partial charge in [0.15, 0.2) is 0 Å². The van der Waals surface area contributed by atoms with E-state index in [2.05, 4.69) is 10.0 Å². The molecule has 0 fully saturated rings. The summed E-state index contributed by atoms with van der Waals surface area (Å²) in [7, 11) is -0.801. The Morgan fingerprint density at radius 2 is 1.43 bits per heavy atom. The fourth-order valence-electron chi connectivity index (χ4n) is 4.21. The van der Waals surface area contributed by atoms with Gasteiger partial charge < -0.3 is 14.8 Å². The summed E-state index contributed by atoms with van der Waals surface area (Å²) in [6.07, 6.45) is 0. The number of amides is 2. The molecule has 0 aliphatic carbocycles. The van der Waals surface area contributed by atoms with Gasteiger partial charge in [-0.15, -0.1) is 0 Å². The molecule has 0 saturated carbocycles. The highest BCUT2D eigenvalue weighted by atomic mass is 32.2. The monoisotopic (exact) mass is 601 g/mol. The minimum atomic E-state index is -3.76. The average molecular weight is 602 g/mol. The third-order valence-electron chi connectivity index (χ3n) is 6.37. The van der Waals surface area contributed by atoms with E-state index in [9.17, 15) is 18.0 Å². The zero-order chi connectivity index (χ0) is 29.9. The number of nitrogens with one attached hydrogen (secondary N) is 2. The summed E-state index contributed by atoms with van der Waals surface area (Å²) in [5, 5.41) is 3.13. The number of thioether (sulfide) groups is 1. The zero-order valence-corrected chi connectivity index (χ0v) is 24.6. The first kappa shape index (κ1) is 28.8. The van der Waals surface area contributed by atoms with Crippen LogP contribution in [0.5, 0.6) is 11.5 Å². The lowest BCUT2D eigenvalue weighted by atomic mass is 10.2. The molecule has 2 N–H and O–H groups in total. The fourth-order valence-corrected chi connectivity index (χ4v) is 6.21. The van der Waals surface area contributed by atoms with Gasteiger partial charge in [-0.25, -0.2) is 13.3 Å². The fraction of sp³-hybridized carbons (Fsp3) is 0.0968. The van der Waals surface area contributed by atoms with Crippen LogP contribution in [0.1, 0.15) is 5.56 Å². The third-order valence-corrected chi connectivity index (χ3v) is 8.86. The Hall–Kier alpha value is -4.74. The highest BCUT2D eigenvalue weighted by molar-refractivity contribution is 8.04. The van der Waals surface area contributed by atoms with Gasteiger partial charge in [-0.2, -0.15) is 0 Å². The molecule has 0 atom stereocenters. The van der Waals surface area contributed by atoms with Crippen LogP contribution in [0.15, 0.2) is 117 Å². The summed E-state index contributed by atoms with van der Waals surface area (Å²) in [5.74, 6) is -0.263. The largest absolute Gasteiger partial charge is 0.497 e. The SMILES string of the molecule is COc1ccc(N2C(=O)C(Nc3ccc(C)cc3)=C(Sc3ccc(NS(=O)(=O)c4ccccc4)cc3)C2=O)c(OC)c1. The van der Waals surface area contributed by atoms with Crippen molar-refractivity contribution in [2.75, 3.05) is 29.2 Å². The number of aryl methyl sites for hydroxylation is 1. The van der Waals surface area contributed by atoms with Crippen LogP contribution in [0.2, 0.25) is 0 Å². The average Bonchev–Trinajstić information content (AvgIpc) is 3.22. The van der Waals surface area contributed by atoms with E-state index in [1.165, 1.54) is 26.4 Å². The number of carbonyl (C=O) groups excluding carboxylic acids is 2. The van der Waals surface area contributed by atoms with Crippen LogP contribution < -0.4 is 24.4 Å². The van der Waals surface area contributed by atoms with Gasteiger partial charge in [0.05, 0.1) is 24.8 Å². The van der Waals surface area contributed by atoms with Crippen molar-refractivity contribution in [2.45, 2.75) is 16.7 Å². The first-order valence-corrected chi connectivity index (χ1v) is 15.0. The van der Waals surface area contributed by atoms with Gasteiger partial charge in [-0.05, 0) is 67.6 Å². The molecule has 4 aromatic carbocycles. The van der Waals surface area contributed by atoms with E-state index in [0.717, 1.165) is 22.2 Å². The third kappa shape index (κ3) is 5.97. The van der Waals surface area contributed by atoms with Crippen molar-refractivity contribution >= 4 is 50.7 Å². The molecule has 0 bridgehead atoms. The molecule has 4 aromatic rings. The van der Waals surface area contributed by atoms with Crippen LogP contribution in [-0.2, 0) is 19.6 Å². The Morgan fingerprint density at radius 1 is 0.762 bits per heavy atom. The number of imide groups is 1. The van der Waals surface area contributed by atoms with Crippen molar-refractivity contribution in [3.05, 3.63) is 113 Å². The summed E-state index contributed by atoms with van der Waals surface area (Å²) in [6.45, 7) is 1.95. The number of benzene rings is 4. The van der Waals surface area contributed by atoms with Crippen molar-refractivity contribution in [3.8, 4) is 11.5 Å². The van der Waals surface area contributed by atoms with Crippen molar-refractivity contribution in [3.63, 3.8) is 0 Å². The quantitative estimate of drug-likeness (QED) is 0.219. The number of anilines is 3. The Bertz CT molecular complexity index is 1770. The van der Waals surface area contributed by atoms with E-state index >= 15 is 0 Å². The Labute approximate surface area is 248 Å². The smallest absolute Gasteiger partial charge is 0.283 e. The molecule has 5 rings (SSSR count). The van der Waals surface area contributed by atoms with E-state index in [1.54, 1.807) is 60.7 Å². The number of hydrogen-bond acceptors (Lipinski definition) is 8.